The van der Waals surface area contributed by atoms with E-state index in [1.165, 1.54) is 4.88 Å². The highest BCUT2D eigenvalue weighted by Gasteiger charge is 2.24. The molecule has 0 bridgehead atoms. The quantitative estimate of drug-likeness (QED) is 0.783. The minimum Gasteiger partial charge on any atom is -0.338 e. The third-order valence-corrected chi connectivity index (χ3v) is 6.44. The highest BCUT2D eigenvalue weighted by Crippen LogP contribution is 2.29. The van der Waals surface area contributed by atoms with Crippen LogP contribution < -0.4 is 5.32 Å². The van der Waals surface area contributed by atoms with Crippen molar-refractivity contribution >= 4 is 41.4 Å². The fourth-order valence-corrected chi connectivity index (χ4v) is 4.67. The lowest BCUT2D eigenvalue weighted by molar-refractivity contribution is 0.0704. The Morgan fingerprint density at radius 3 is 2.67 bits per heavy atom. The van der Waals surface area contributed by atoms with Crippen molar-refractivity contribution in [2.45, 2.75) is 29.5 Å². The van der Waals surface area contributed by atoms with Crippen LogP contribution in [0.25, 0.3) is 0 Å². The van der Waals surface area contributed by atoms with Crippen LogP contribution >= 0.6 is 35.5 Å². The molecule has 1 aromatic heterocycles. The SMILES string of the molecule is CNC1CCN(C(=O)c2ccccc2SCc2cccs2)CC1.Cl. The largest absolute Gasteiger partial charge is 0.338 e. The van der Waals surface area contributed by atoms with Crippen LogP contribution in [0.1, 0.15) is 28.1 Å². The number of benzene rings is 1. The van der Waals surface area contributed by atoms with E-state index in [-0.39, 0.29) is 18.3 Å². The van der Waals surface area contributed by atoms with Gasteiger partial charge < -0.3 is 10.2 Å². The molecule has 1 aliphatic rings. The zero-order valence-corrected chi connectivity index (χ0v) is 16.2. The molecule has 130 valence electrons. The fourth-order valence-electron chi connectivity index (χ4n) is 2.85. The summed E-state index contributed by atoms with van der Waals surface area (Å²) in [6.45, 7) is 1.68. The summed E-state index contributed by atoms with van der Waals surface area (Å²) >= 11 is 3.52. The molecule has 1 aliphatic heterocycles. The van der Waals surface area contributed by atoms with Crippen molar-refractivity contribution in [1.29, 1.82) is 0 Å². The number of amides is 1. The lowest BCUT2D eigenvalue weighted by Gasteiger charge is -2.32. The molecular formula is C18H23ClN2OS2. The molecule has 3 nitrogen and oxygen atoms in total. The van der Waals surface area contributed by atoms with Crippen LogP contribution in [0.5, 0.6) is 0 Å². The number of carbonyl (C=O) groups excluding carboxylic acids is 1. The molecule has 0 unspecified atom stereocenters. The molecule has 0 radical (unpaired) electrons. The van der Waals surface area contributed by atoms with E-state index < -0.39 is 0 Å². The molecule has 1 N–H and O–H groups in total. The maximum absolute atomic E-state index is 12.9. The molecule has 6 heteroatoms. The third kappa shape index (κ3) is 4.76. The van der Waals surface area contributed by atoms with Gasteiger partial charge in [0, 0.05) is 34.7 Å². The number of thioether (sulfide) groups is 1. The first-order chi connectivity index (χ1) is 11.3. The van der Waals surface area contributed by atoms with Crippen molar-refractivity contribution in [2.75, 3.05) is 20.1 Å². The van der Waals surface area contributed by atoms with Crippen LogP contribution in [-0.2, 0) is 5.75 Å². The highest BCUT2D eigenvalue weighted by atomic mass is 35.5. The lowest BCUT2D eigenvalue weighted by Crippen LogP contribution is -2.44. The predicted molar refractivity (Wildman–Crippen MR) is 106 cm³/mol. The number of rotatable bonds is 5. The van der Waals surface area contributed by atoms with Gasteiger partial charge in [-0.15, -0.1) is 35.5 Å². The van der Waals surface area contributed by atoms with Gasteiger partial charge in [0.05, 0.1) is 5.56 Å². The maximum Gasteiger partial charge on any atom is 0.254 e. The Morgan fingerprint density at radius 1 is 1.25 bits per heavy atom. The second kappa shape index (κ2) is 9.47. The zero-order valence-electron chi connectivity index (χ0n) is 13.7. The number of thiophene rings is 1. The minimum atomic E-state index is 0. The van der Waals surface area contributed by atoms with E-state index in [0.29, 0.717) is 6.04 Å². The van der Waals surface area contributed by atoms with E-state index in [2.05, 4.69) is 28.9 Å². The van der Waals surface area contributed by atoms with E-state index in [9.17, 15) is 4.79 Å². The number of carbonyl (C=O) groups is 1. The van der Waals surface area contributed by atoms with Gasteiger partial charge in [0.15, 0.2) is 0 Å². The van der Waals surface area contributed by atoms with E-state index in [4.69, 9.17) is 0 Å². The van der Waals surface area contributed by atoms with Crippen molar-refractivity contribution in [2.24, 2.45) is 0 Å². The monoisotopic (exact) mass is 382 g/mol. The number of likely N-dealkylation sites (tertiary alicyclic amines) is 1. The Labute approximate surface area is 158 Å². The van der Waals surface area contributed by atoms with E-state index in [0.717, 1.165) is 42.1 Å². The van der Waals surface area contributed by atoms with Crippen LogP contribution in [0, 0.1) is 0 Å². The number of hydrogen-bond acceptors (Lipinski definition) is 4. The van der Waals surface area contributed by atoms with Gasteiger partial charge in [0.1, 0.15) is 0 Å². The number of nitrogens with one attached hydrogen (secondary N) is 1. The van der Waals surface area contributed by atoms with E-state index in [1.54, 1.807) is 23.1 Å². The molecule has 1 amide bonds. The smallest absolute Gasteiger partial charge is 0.254 e. The van der Waals surface area contributed by atoms with Gasteiger partial charge in [-0.1, -0.05) is 18.2 Å². The second-order valence-corrected chi connectivity index (χ2v) is 7.77. The van der Waals surface area contributed by atoms with Gasteiger partial charge in [0.25, 0.3) is 5.91 Å². The fraction of sp³-hybridized carbons (Fsp3) is 0.389. The molecule has 0 saturated carbocycles. The number of halogens is 1. The van der Waals surface area contributed by atoms with Crippen LogP contribution in [0.4, 0.5) is 0 Å². The third-order valence-electron chi connectivity index (χ3n) is 4.26. The summed E-state index contributed by atoms with van der Waals surface area (Å²) in [5.74, 6) is 1.10. The predicted octanol–water partition coefficient (Wildman–Crippen LogP) is 4.29. The summed E-state index contributed by atoms with van der Waals surface area (Å²) in [4.78, 5) is 17.3. The van der Waals surface area contributed by atoms with Crippen molar-refractivity contribution in [1.82, 2.24) is 10.2 Å². The Kier molecular flexibility index (Phi) is 7.62. The summed E-state index contributed by atoms with van der Waals surface area (Å²) < 4.78 is 0. The Bertz CT molecular complexity index is 640. The van der Waals surface area contributed by atoms with Gasteiger partial charge in [-0.2, -0.15) is 0 Å². The normalized spacial score (nSPS) is 15.1. The van der Waals surface area contributed by atoms with Gasteiger partial charge in [-0.25, -0.2) is 0 Å². The molecule has 0 spiro atoms. The van der Waals surface area contributed by atoms with E-state index >= 15 is 0 Å². The maximum atomic E-state index is 12.9. The first-order valence-electron chi connectivity index (χ1n) is 7.98. The molecule has 1 saturated heterocycles. The molecule has 0 aliphatic carbocycles. The first-order valence-corrected chi connectivity index (χ1v) is 9.85. The van der Waals surface area contributed by atoms with Crippen LogP contribution in [0.2, 0.25) is 0 Å². The van der Waals surface area contributed by atoms with Gasteiger partial charge in [-0.05, 0) is 43.5 Å². The van der Waals surface area contributed by atoms with Gasteiger partial charge in [0.2, 0.25) is 0 Å². The Hall–Kier alpha value is -1.01. The molecule has 2 heterocycles. The van der Waals surface area contributed by atoms with Gasteiger partial charge >= 0.3 is 0 Å². The van der Waals surface area contributed by atoms with E-state index in [1.807, 2.05) is 30.1 Å². The number of hydrogen-bond donors (Lipinski definition) is 1. The van der Waals surface area contributed by atoms with Gasteiger partial charge in [-0.3, -0.25) is 4.79 Å². The van der Waals surface area contributed by atoms with Crippen molar-refractivity contribution < 1.29 is 4.79 Å². The highest BCUT2D eigenvalue weighted by molar-refractivity contribution is 7.98. The molecule has 1 aromatic carbocycles. The first kappa shape index (κ1) is 19.3. The summed E-state index contributed by atoms with van der Waals surface area (Å²) in [7, 11) is 2.00. The zero-order chi connectivity index (χ0) is 16.1. The summed E-state index contributed by atoms with van der Waals surface area (Å²) in [6, 6.07) is 12.8. The average molecular weight is 383 g/mol. The molecule has 3 rings (SSSR count). The molecule has 1 fully saturated rings. The molecule has 24 heavy (non-hydrogen) atoms. The van der Waals surface area contributed by atoms with Crippen LogP contribution in [0.15, 0.2) is 46.7 Å². The summed E-state index contributed by atoms with van der Waals surface area (Å²) in [5.41, 5.74) is 0.844. The molecule has 2 aromatic rings. The Morgan fingerprint density at radius 2 is 2.00 bits per heavy atom. The van der Waals surface area contributed by atoms with Crippen LogP contribution in [-0.4, -0.2) is 37.0 Å². The standard InChI is InChI=1S/C18H22N2OS2.ClH/c1-19-14-8-10-20(11-9-14)18(21)16-6-2-3-7-17(16)23-13-15-5-4-12-22-15;/h2-7,12,14,19H,8-11,13H2,1H3;1H. The van der Waals surface area contributed by atoms with Crippen LogP contribution in [0.3, 0.4) is 0 Å². The lowest BCUT2D eigenvalue weighted by atomic mass is 10.0. The number of piperidine rings is 1. The summed E-state index contributed by atoms with van der Waals surface area (Å²) in [6.07, 6.45) is 2.07. The molecular weight excluding hydrogens is 360 g/mol. The van der Waals surface area contributed by atoms with Crippen molar-refractivity contribution in [3.63, 3.8) is 0 Å². The van der Waals surface area contributed by atoms with Crippen molar-refractivity contribution in [3.05, 3.63) is 52.2 Å². The average Bonchev–Trinajstić information content (AvgIpc) is 3.13. The minimum absolute atomic E-state index is 0. The molecule has 0 atom stereocenters. The van der Waals surface area contributed by atoms with Crippen molar-refractivity contribution in [3.8, 4) is 0 Å². The second-order valence-electron chi connectivity index (χ2n) is 5.72. The summed E-state index contributed by atoms with van der Waals surface area (Å²) in [5, 5.41) is 5.41. The number of nitrogens with zero attached hydrogens (tertiary/aromatic N) is 1. The Balaban J connectivity index is 0.00000208. The topological polar surface area (TPSA) is 32.3 Å².